The van der Waals surface area contributed by atoms with Gasteiger partial charge in [-0.1, -0.05) is 17.7 Å². The van der Waals surface area contributed by atoms with Crippen LogP contribution in [0.5, 0.6) is 11.5 Å². The summed E-state index contributed by atoms with van der Waals surface area (Å²) in [4.78, 5) is 0. The van der Waals surface area contributed by atoms with E-state index in [1.54, 1.807) is 26.4 Å². The monoisotopic (exact) mass is 273 g/mol. The molecule has 19 heavy (non-hydrogen) atoms. The Labute approximate surface area is 117 Å². The number of nitriles is 1. The molecule has 0 heterocycles. The van der Waals surface area contributed by atoms with Crippen molar-refractivity contribution >= 4 is 11.6 Å². The summed E-state index contributed by atoms with van der Waals surface area (Å²) < 4.78 is 10.5. The number of methoxy groups -OCH3 is 2. The van der Waals surface area contributed by atoms with E-state index in [4.69, 9.17) is 26.3 Å². The zero-order valence-corrected chi connectivity index (χ0v) is 11.4. The van der Waals surface area contributed by atoms with Crippen molar-refractivity contribution in [2.24, 2.45) is 0 Å². The van der Waals surface area contributed by atoms with Crippen molar-refractivity contribution < 1.29 is 9.47 Å². The molecule has 96 valence electrons. The van der Waals surface area contributed by atoms with E-state index in [0.29, 0.717) is 22.1 Å². The second-order valence-corrected chi connectivity index (χ2v) is 4.35. The third kappa shape index (κ3) is 2.81. The maximum atomic E-state index is 8.96. The van der Waals surface area contributed by atoms with E-state index in [9.17, 15) is 0 Å². The Morgan fingerprint density at radius 3 is 2.32 bits per heavy atom. The molecule has 2 rings (SSSR count). The topological polar surface area (TPSA) is 42.2 Å². The smallest absolute Gasteiger partial charge is 0.161 e. The number of hydrogen-bond donors (Lipinski definition) is 0. The minimum Gasteiger partial charge on any atom is -0.493 e. The fourth-order valence-corrected chi connectivity index (χ4v) is 2.07. The van der Waals surface area contributed by atoms with Crippen molar-refractivity contribution in [1.29, 1.82) is 5.26 Å². The minimum absolute atomic E-state index is 0.525. The molecule has 0 fully saturated rings. The molecule has 0 aliphatic carbocycles. The van der Waals surface area contributed by atoms with Crippen molar-refractivity contribution in [3.63, 3.8) is 0 Å². The fraction of sp³-hybridized carbons (Fsp3) is 0.133. The van der Waals surface area contributed by atoms with Crippen LogP contribution < -0.4 is 9.47 Å². The number of ether oxygens (including phenoxy) is 2. The van der Waals surface area contributed by atoms with Crippen molar-refractivity contribution in [3.05, 3.63) is 47.0 Å². The number of nitrogens with zero attached hydrogens (tertiary/aromatic N) is 1. The van der Waals surface area contributed by atoms with E-state index in [2.05, 4.69) is 6.07 Å². The van der Waals surface area contributed by atoms with Gasteiger partial charge in [-0.05, 0) is 41.5 Å². The molecule has 3 nitrogen and oxygen atoms in total. The Kier molecular flexibility index (Phi) is 3.94. The van der Waals surface area contributed by atoms with Gasteiger partial charge in [-0.3, -0.25) is 0 Å². The maximum absolute atomic E-state index is 8.96. The first-order chi connectivity index (χ1) is 9.17. The Morgan fingerprint density at radius 2 is 1.68 bits per heavy atom. The standard InChI is InChI=1S/C15H12ClNO2/c1-18-14-4-3-11(8-15(14)19-2)12-5-10(9-17)6-13(16)7-12/h3-8H,1-2H3. The lowest BCUT2D eigenvalue weighted by atomic mass is 10.0. The van der Waals surface area contributed by atoms with Gasteiger partial charge in [-0.25, -0.2) is 0 Å². The Bertz CT molecular complexity index is 647. The van der Waals surface area contributed by atoms with E-state index in [-0.39, 0.29) is 0 Å². The molecular formula is C15H12ClNO2. The Balaban J connectivity index is 2.53. The summed E-state index contributed by atoms with van der Waals surface area (Å²) in [7, 11) is 3.17. The zero-order valence-electron chi connectivity index (χ0n) is 10.6. The van der Waals surface area contributed by atoms with Crippen molar-refractivity contribution in [2.45, 2.75) is 0 Å². The van der Waals surface area contributed by atoms with Crippen LogP contribution in [0.25, 0.3) is 11.1 Å². The first kappa shape index (κ1) is 13.3. The van der Waals surface area contributed by atoms with Crippen LogP contribution in [0.3, 0.4) is 0 Å². The van der Waals surface area contributed by atoms with Crippen molar-refractivity contribution in [1.82, 2.24) is 0 Å². The predicted molar refractivity (Wildman–Crippen MR) is 74.7 cm³/mol. The SMILES string of the molecule is COc1ccc(-c2cc(Cl)cc(C#N)c2)cc1OC. The van der Waals surface area contributed by atoms with Gasteiger partial charge in [0.15, 0.2) is 11.5 Å². The highest BCUT2D eigenvalue weighted by atomic mass is 35.5. The second kappa shape index (κ2) is 5.64. The molecule has 0 atom stereocenters. The summed E-state index contributed by atoms with van der Waals surface area (Å²) in [5.74, 6) is 1.30. The van der Waals surface area contributed by atoms with Gasteiger partial charge < -0.3 is 9.47 Å². The number of rotatable bonds is 3. The van der Waals surface area contributed by atoms with Crippen LogP contribution in [-0.2, 0) is 0 Å². The van der Waals surface area contributed by atoms with Crippen LogP contribution in [0.1, 0.15) is 5.56 Å². The van der Waals surface area contributed by atoms with Gasteiger partial charge in [0.1, 0.15) is 0 Å². The van der Waals surface area contributed by atoms with Crippen LogP contribution in [-0.4, -0.2) is 14.2 Å². The molecule has 0 saturated carbocycles. The molecule has 0 saturated heterocycles. The minimum atomic E-state index is 0.525. The Hall–Kier alpha value is -2.18. The van der Waals surface area contributed by atoms with Crippen LogP contribution in [0.15, 0.2) is 36.4 Å². The van der Waals surface area contributed by atoms with Gasteiger partial charge in [0.25, 0.3) is 0 Å². The quantitative estimate of drug-likeness (QED) is 0.852. The molecule has 0 aliphatic rings. The highest BCUT2D eigenvalue weighted by molar-refractivity contribution is 6.31. The summed E-state index contributed by atoms with van der Waals surface area (Å²) in [6.45, 7) is 0. The van der Waals surface area contributed by atoms with Gasteiger partial charge in [0, 0.05) is 5.02 Å². The van der Waals surface area contributed by atoms with E-state index in [0.717, 1.165) is 11.1 Å². The summed E-state index contributed by atoms with van der Waals surface area (Å²) in [6.07, 6.45) is 0. The summed E-state index contributed by atoms with van der Waals surface area (Å²) in [6, 6.07) is 12.9. The van der Waals surface area contributed by atoms with Gasteiger partial charge in [0.05, 0.1) is 25.9 Å². The second-order valence-electron chi connectivity index (χ2n) is 3.91. The summed E-state index contributed by atoms with van der Waals surface area (Å²) in [5, 5.41) is 9.49. The van der Waals surface area contributed by atoms with E-state index < -0.39 is 0 Å². The number of benzene rings is 2. The molecule has 0 amide bonds. The lowest BCUT2D eigenvalue weighted by Gasteiger charge is -2.10. The maximum Gasteiger partial charge on any atom is 0.161 e. The molecule has 2 aromatic rings. The van der Waals surface area contributed by atoms with Gasteiger partial charge in [-0.15, -0.1) is 0 Å². The molecular weight excluding hydrogens is 262 g/mol. The highest BCUT2D eigenvalue weighted by Gasteiger charge is 2.07. The molecule has 0 radical (unpaired) electrons. The third-order valence-corrected chi connectivity index (χ3v) is 2.96. The van der Waals surface area contributed by atoms with E-state index in [1.165, 1.54) is 0 Å². The molecule has 0 unspecified atom stereocenters. The molecule has 2 aromatic carbocycles. The van der Waals surface area contributed by atoms with Crippen LogP contribution in [0, 0.1) is 11.3 Å². The molecule has 0 spiro atoms. The largest absolute Gasteiger partial charge is 0.493 e. The van der Waals surface area contributed by atoms with Gasteiger partial charge >= 0.3 is 0 Å². The molecule has 0 N–H and O–H groups in total. The zero-order chi connectivity index (χ0) is 13.8. The third-order valence-electron chi connectivity index (χ3n) is 2.74. The average Bonchev–Trinajstić information content (AvgIpc) is 2.45. The van der Waals surface area contributed by atoms with Crippen molar-refractivity contribution in [2.75, 3.05) is 14.2 Å². The van der Waals surface area contributed by atoms with Crippen LogP contribution in [0.4, 0.5) is 0 Å². The summed E-state index contributed by atoms with van der Waals surface area (Å²) in [5.41, 5.74) is 2.30. The van der Waals surface area contributed by atoms with Crippen LogP contribution >= 0.6 is 11.6 Å². The Morgan fingerprint density at radius 1 is 0.947 bits per heavy atom. The molecule has 0 aliphatic heterocycles. The first-order valence-electron chi connectivity index (χ1n) is 5.61. The lowest BCUT2D eigenvalue weighted by Crippen LogP contribution is -1.91. The lowest BCUT2D eigenvalue weighted by molar-refractivity contribution is 0.355. The molecule has 0 aromatic heterocycles. The molecule has 4 heteroatoms. The normalized spacial score (nSPS) is 9.79. The van der Waals surface area contributed by atoms with Gasteiger partial charge in [-0.2, -0.15) is 5.26 Å². The van der Waals surface area contributed by atoms with Crippen molar-refractivity contribution in [3.8, 4) is 28.7 Å². The number of halogens is 1. The summed E-state index contributed by atoms with van der Waals surface area (Å²) >= 11 is 6.00. The average molecular weight is 274 g/mol. The van der Waals surface area contributed by atoms with E-state index in [1.807, 2.05) is 24.3 Å². The van der Waals surface area contributed by atoms with E-state index >= 15 is 0 Å². The predicted octanol–water partition coefficient (Wildman–Crippen LogP) is 3.90. The first-order valence-corrected chi connectivity index (χ1v) is 5.99. The van der Waals surface area contributed by atoms with Crippen LogP contribution in [0.2, 0.25) is 5.02 Å². The van der Waals surface area contributed by atoms with Gasteiger partial charge in [0.2, 0.25) is 0 Å². The fourth-order valence-electron chi connectivity index (χ4n) is 1.84. The molecule has 0 bridgehead atoms. The highest BCUT2D eigenvalue weighted by Crippen LogP contribution is 2.33. The number of hydrogen-bond acceptors (Lipinski definition) is 3.